The number of benzene rings is 2. The summed E-state index contributed by atoms with van der Waals surface area (Å²) < 4.78 is 5.18. The molecule has 0 saturated carbocycles. The Kier molecular flexibility index (Phi) is 5.89. The van der Waals surface area contributed by atoms with Gasteiger partial charge in [0, 0.05) is 25.3 Å². The average Bonchev–Trinajstić information content (AvgIpc) is 2.62. The summed E-state index contributed by atoms with van der Waals surface area (Å²) in [6, 6.07) is 16.4. The van der Waals surface area contributed by atoms with Crippen molar-refractivity contribution >= 4 is 23.0 Å². The highest BCUT2D eigenvalue weighted by Crippen LogP contribution is 2.29. The van der Waals surface area contributed by atoms with Crippen LogP contribution in [0.5, 0.6) is 5.75 Å². The van der Waals surface area contributed by atoms with Crippen molar-refractivity contribution in [2.45, 2.75) is 19.3 Å². The van der Waals surface area contributed by atoms with E-state index in [1.165, 1.54) is 11.3 Å². The molecule has 0 amide bonds. The van der Waals surface area contributed by atoms with Crippen LogP contribution in [0.4, 0.5) is 5.69 Å². The minimum atomic E-state index is 0.611. The molecule has 1 fully saturated rings. The third kappa shape index (κ3) is 4.59. The quantitative estimate of drug-likeness (QED) is 0.782. The molecule has 0 radical (unpaired) electrons. The Balaban J connectivity index is 1.52. The van der Waals surface area contributed by atoms with Crippen molar-refractivity contribution in [1.82, 2.24) is 4.90 Å². The van der Waals surface area contributed by atoms with Gasteiger partial charge in [0.25, 0.3) is 0 Å². The van der Waals surface area contributed by atoms with E-state index in [2.05, 4.69) is 35.2 Å². The van der Waals surface area contributed by atoms with Crippen LogP contribution in [0.2, 0.25) is 5.02 Å². The van der Waals surface area contributed by atoms with E-state index in [-0.39, 0.29) is 0 Å². The zero-order chi connectivity index (χ0) is 16.8. The topological polar surface area (TPSA) is 24.8 Å². The van der Waals surface area contributed by atoms with Crippen molar-refractivity contribution in [3.8, 4) is 5.75 Å². The summed E-state index contributed by atoms with van der Waals surface area (Å²) in [5.41, 5.74) is 3.57. The molecular formula is C20H23ClN2O. The Bertz CT molecular complexity index is 690. The fourth-order valence-corrected chi connectivity index (χ4v) is 3.24. The predicted molar refractivity (Wildman–Crippen MR) is 101 cm³/mol. The van der Waals surface area contributed by atoms with E-state index in [1.807, 2.05) is 18.2 Å². The maximum atomic E-state index is 6.17. The van der Waals surface area contributed by atoms with Crippen LogP contribution in [0.15, 0.2) is 53.5 Å². The molecule has 1 aliphatic heterocycles. The van der Waals surface area contributed by atoms with Gasteiger partial charge in [-0.3, -0.25) is 4.99 Å². The first-order chi connectivity index (χ1) is 11.7. The molecule has 0 atom stereocenters. The number of hydrogen-bond donors (Lipinski definition) is 0. The number of methoxy groups -OCH3 is 1. The summed E-state index contributed by atoms with van der Waals surface area (Å²) in [5, 5.41) is 0.611. The van der Waals surface area contributed by atoms with Crippen LogP contribution in [-0.4, -0.2) is 37.4 Å². The summed E-state index contributed by atoms with van der Waals surface area (Å²) in [6.45, 7) is 3.27. The van der Waals surface area contributed by atoms with Crippen molar-refractivity contribution in [2.24, 2.45) is 4.99 Å². The van der Waals surface area contributed by atoms with Gasteiger partial charge in [-0.15, -0.1) is 0 Å². The van der Waals surface area contributed by atoms with E-state index in [0.29, 0.717) is 10.8 Å². The molecule has 0 N–H and O–H groups in total. The molecule has 1 heterocycles. The van der Waals surface area contributed by atoms with Crippen molar-refractivity contribution < 1.29 is 4.74 Å². The second-order valence-electron chi connectivity index (χ2n) is 6.07. The largest absolute Gasteiger partial charge is 0.495 e. The predicted octanol–water partition coefficient (Wildman–Crippen LogP) is 4.76. The second kappa shape index (κ2) is 8.32. The standard InChI is InChI=1S/C20H23ClN2O/c1-24-20-8-7-18(15-19(20)21)22-17-10-13-23(14-11-17)12-9-16-5-3-2-4-6-16/h2-8,15H,9-14H2,1H3. The highest BCUT2D eigenvalue weighted by molar-refractivity contribution is 6.32. The second-order valence-corrected chi connectivity index (χ2v) is 6.48. The summed E-state index contributed by atoms with van der Waals surface area (Å²) >= 11 is 6.17. The monoisotopic (exact) mass is 342 g/mol. The molecule has 2 aromatic carbocycles. The third-order valence-corrected chi connectivity index (χ3v) is 4.71. The molecule has 1 saturated heterocycles. The van der Waals surface area contributed by atoms with Gasteiger partial charge in [-0.05, 0) is 43.0 Å². The van der Waals surface area contributed by atoms with Crippen molar-refractivity contribution in [2.75, 3.05) is 26.7 Å². The Morgan fingerprint density at radius 2 is 1.83 bits per heavy atom. The Hall–Kier alpha value is -1.84. The lowest BCUT2D eigenvalue weighted by Crippen LogP contribution is -2.35. The van der Waals surface area contributed by atoms with Gasteiger partial charge in [-0.2, -0.15) is 0 Å². The van der Waals surface area contributed by atoms with Crippen LogP contribution < -0.4 is 4.74 Å². The van der Waals surface area contributed by atoms with Gasteiger partial charge in [0.2, 0.25) is 0 Å². The summed E-state index contributed by atoms with van der Waals surface area (Å²) in [4.78, 5) is 7.28. The zero-order valence-electron chi connectivity index (χ0n) is 14.0. The van der Waals surface area contributed by atoms with Crippen LogP contribution in [0, 0.1) is 0 Å². The smallest absolute Gasteiger partial charge is 0.137 e. The Labute approximate surface area is 148 Å². The third-order valence-electron chi connectivity index (χ3n) is 4.42. The van der Waals surface area contributed by atoms with Crippen LogP contribution in [0.25, 0.3) is 0 Å². The number of piperidine rings is 1. The Morgan fingerprint density at radius 1 is 1.08 bits per heavy atom. The minimum Gasteiger partial charge on any atom is -0.495 e. The first-order valence-electron chi connectivity index (χ1n) is 8.41. The molecule has 126 valence electrons. The van der Waals surface area contributed by atoms with Gasteiger partial charge in [0.15, 0.2) is 0 Å². The number of aliphatic imine (C=N–C) groups is 1. The molecule has 3 nitrogen and oxygen atoms in total. The van der Waals surface area contributed by atoms with Crippen LogP contribution >= 0.6 is 11.6 Å². The lowest BCUT2D eigenvalue weighted by molar-refractivity contribution is 0.278. The average molecular weight is 343 g/mol. The van der Waals surface area contributed by atoms with E-state index in [4.69, 9.17) is 21.3 Å². The van der Waals surface area contributed by atoms with Gasteiger partial charge in [-0.1, -0.05) is 41.9 Å². The highest BCUT2D eigenvalue weighted by Gasteiger charge is 2.15. The maximum absolute atomic E-state index is 6.17. The molecular weight excluding hydrogens is 320 g/mol. The molecule has 24 heavy (non-hydrogen) atoms. The van der Waals surface area contributed by atoms with Crippen LogP contribution in [0.1, 0.15) is 18.4 Å². The molecule has 0 unspecified atom stereocenters. The fourth-order valence-electron chi connectivity index (χ4n) is 2.99. The molecule has 0 spiro atoms. The summed E-state index contributed by atoms with van der Waals surface area (Å²) in [5.74, 6) is 0.691. The molecule has 0 aliphatic carbocycles. The van der Waals surface area contributed by atoms with Crippen molar-refractivity contribution in [3.63, 3.8) is 0 Å². The molecule has 4 heteroatoms. The number of ether oxygens (including phenoxy) is 1. The number of hydrogen-bond acceptors (Lipinski definition) is 3. The van der Waals surface area contributed by atoms with Gasteiger partial charge >= 0.3 is 0 Å². The number of rotatable bonds is 5. The van der Waals surface area contributed by atoms with E-state index >= 15 is 0 Å². The number of halogens is 1. The molecule has 2 aromatic rings. The lowest BCUT2D eigenvalue weighted by atomic mass is 10.1. The van der Waals surface area contributed by atoms with E-state index < -0.39 is 0 Å². The molecule has 0 aromatic heterocycles. The lowest BCUT2D eigenvalue weighted by Gasteiger charge is -2.27. The molecule has 1 aliphatic rings. The van der Waals surface area contributed by atoms with Crippen molar-refractivity contribution in [1.29, 1.82) is 0 Å². The van der Waals surface area contributed by atoms with E-state index in [0.717, 1.165) is 44.6 Å². The SMILES string of the molecule is COc1ccc(N=C2CCN(CCc3ccccc3)CC2)cc1Cl. The summed E-state index contributed by atoms with van der Waals surface area (Å²) in [6.07, 6.45) is 3.16. The minimum absolute atomic E-state index is 0.611. The van der Waals surface area contributed by atoms with Gasteiger partial charge in [-0.25, -0.2) is 0 Å². The van der Waals surface area contributed by atoms with Crippen LogP contribution in [-0.2, 0) is 6.42 Å². The number of likely N-dealkylation sites (tertiary alicyclic amines) is 1. The first-order valence-corrected chi connectivity index (χ1v) is 8.78. The normalized spacial score (nSPS) is 15.3. The zero-order valence-corrected chi connectivity index (χ0v) is 14.8. The highest BCUT2D eigenvalue weighted by atomic mass is 35.5. The van der Waals surface area contributed by atoms with Gasteiger partial charge in [0.1, 0.15) is 5.75 Å². The summed E-state index contributed by atoms with van der Waals surface area (Å²) in [7, 11) is 1.62. The number of nitrogens with zero attached hydrogens (tertiary/aromatic N) is 2. The molecule has 0 bridgehead atoms. The fraction of sp³-hybridized carbons (Fsp3) is 0.350. The van der Waals surface area contributed by atoms with E-state index in [9.17, 15) is 0 Å². The molecule has 3 rings (SSSR count). The maximum Gasteiger partial charge on any atom is 0.137 e. The van der Waals surface area contributed by atoms with Crippen molar-refractivity contribution in [3.05, 3.63) is 59.1 Å². The van der Waals surface area contributed by atoms with Gasteiger partial charge in [0.05, 0.1) is 17.8 Å². The Morgan fingerprint density at radius 3 is 2.50 bits per heavy atom. The van der Waals surface area contributed by atoms with Crippen LogP contribution in [0.3, 0.4) is 0 Å². The van der Waals surface area contributed by atoms with E-state index in [1.54, 1.807) is 7.11 Å². The first kappa shape index (κ1) is 17.0. The van der Waals surface area contributed by atoms with Gasteiger partial charge < -0.3 is 9.64 Å².